The molecular formula is C15H23OW-. The predicted molar refractivity (Wildman–Crippen MR) is 69.1 cm³/mol. The van der Waals surface area contributed by atoms with Gasteiger partial charge in [0.2, 0.25) is 0 Å². The van der Waals surface area contributed by atoms with Crippen LogP contribution >= 0.6 is 0 Å². The molecule has 0 fully saturated rings. The Morgan fingerprint density at radius 3 is 2.35 bits per heavy atom. The van der Waals surface area contributed by atoms with Gasteiger partial charge < -0.3 is 11.7 Å². The molecule has 0 aliphatic carbocycles. The molecule has 2 heteroatoms. The van der Waals surface area contributed by atoms with E-state index in [1.54, 1.807) is 0 Å². The van der Waals surface area contributed by atoms with Crippen LogP contribution in [0, 0.1) is 6.92 Å². The van der Waals surface area contributed by atoms with E-state index in [-0.39, 0.29) is 26.7 Å². The fraction of sp³-hybridized carbons (Fsp3) is 0.533. The summed E-state index contributed by atoms with van der Waals surface area (Å²) in [5.74, 6) is 0. The van der Waals surface area contributed by atoms with Crippen molar-refractivity contribution in [3.05, 3.63) is 42.8 Å². The van der Waals surface area contributed by atoms with Gasteiger partial charge in [0.25, 0.3) is 0 Å². The van der Waals surface area contributed by atoms with Crippen molar-refractivity contribution in [1.29, 1.82) is 0 Å². The van der Waals surface area contributed by atoms with Gasteiger partial charge in [-0.15, -0.1) is 0 Å². The third kappa shape index (κ3) is 7.73. The fourth-order valence-corrected chi connectivity index (χ4v) is 1.65. The zero-order chi connectivity index (χ0) is 11.9. The summed E-state index contributed by atoms with van der Waals surface area (Å²) in [6.45, 7) is 8.90. The Labute approximate surface area is 120 Å². The molecule has 1 rings (SSSR count). The summed E-state index contributed by atoms with van der Waals surface area (Å²) in [5, 5.41) is 0. The molecule has 0 amide bonds. The first kappa shape index (κ1) is 16.9. The Kier molecular flexibility index (Phi) is 8.82. The largest absolute Gasteiger partial charge is 0.371 e. The molecule has 0 aromatic heterocycles. The maximum atomic E-state index is 5.94. The monoisotopic (exact) mass is 403 g/mol. The van der Waals surface area contributed by atoms with E-state index in [0.29, 0.717) is 6.61 Å². The second kappa shape index (κ2) is 8.89. The quantitative estimate of drug-likeness (QED) is 0.485. The van der Waals surface area contributed by atoms with Gasteiger partial charge in [-0.3, -0.25) is 0 Å². The van der Waals surface area contributed by atoms with Crippen LogP contribution < -0.4 is 0 Å². The molecule has 1 aromatic carbocycles. The van der Waals surface area contributed by atoms with Gasteiger partial charge in [-0.2, -0.15) is 6.42 Å². The number of hydrogen-bond acceptors (Lipinski definition) is 1. The predicted octanol–water partition coefficient (Wildman–Crippen LogP) is 4.37. The smallest absolute Gasteiger partial charge is 0.0724 e. The van der Waals surface area contributed by atoms with Crippen molar-refractivity contribution in [3.8, 4) is 0 Å². The fourth-order valence-electron chi connectivity index (χ4n) is 1.65. The SMILES string of the molecule is [CH2-]CCCCC(C)(C)OCc1ccccc1.[W]. The van der Waals surface area contributed by atoms with Gasteiger partial charge in [0, 0.05) is 21.1 Å². The molecule has 1 nitrogen and oxygen atoms in total. The van der Waals surface area contributed by atoms with Crippen molar-refractivity contribution in [2.24, 2.45) is 0 Å². The van der Waals surface area contributed by atoms with Crippen LogP contribution in [-0.4, -0.2) is 5.60 Å². The van der Waals surface area contributed by atoms with Crippen molar-refractivity contribution in [3.63, 3.8) is 0 Å². The van der Waals surface area contributed by atoms with Crippen molar-refractivity contribution in [1.82, 2.24) is 0 Å². The molecule has 0 atom stereocenters. The average Bonchev–Trinajstić information content (AvgIpc) is 2.28. The maximum absolute atomic E-state index is 5.94. The molecule has 0 unspecified atom stereocenters. The molecule has 96 valence electrons. The molecule has 1 aromatic rings. The normalized spacial score (nSPS) is 11.0. The van der Waals surface area contributed by atoms with E-state index in [4.69, 9.17) is 4.74 Å². The van der Waals surface area contributed by atoms with Gasteiger partial charge in [0.05, 0.1) is 12.2 Å². The molecule has 0 aliphatic rings. The first-order valence-electron chi connectivity index (χ1n) is 6.11. The van der Waals surface area contributed by atoms with Gasteiger partial charge in [-0.1, -0.05) is 43.2 Å². The van der Waals surface area contributed by atoms with E-state index in [0.717, 1.165) is 12.8 Å². The Bertz CT molecular complexity index is 282. The number of unbranched alkanes of at least 4 members (excludes halogenated alkanes) is 2. The average molecular weight is 403 g/mol. The first-order chi connectivity index (χ1) is 7.64. The van der Waals surface area contributed by atoms with Crippen LogP contribution in [-0.2, 0) is 32.4 Å². The summed E-state index contributed by atoms with van der Waals surface area (Å²) >= 11 is 0. The summed E-state index contributed by atoms with van der Waals surface area (Å²) in [6.07, 6.45) is 4.52. The van der Waals surface area contributed by atoms with E-state index in [9.17, 15) is 0 Å². The molecule has 0 bridgehead atoms. The summed E-state index contributed by atoms with van der Waals surface area (Å²) in [7, 11) is 0. The summed E-state index contributed by atoms with van der Waals surface area (Å²) in [4.78, 5) is 0. The van der Waals surface area contributed by atoms with Crippen LogP contribution in [0.3, 0.4) is 0 Å². The number of hydrogen-bond donors (Lipinski definition) is 0. The van der Waals surface area contributed by atoms with Crippen LogP contribution in [0.1, 0.15) is 45.1 Å². The first-order valence-corrected chi connectivity index (χ1v) is 6.11. The minimum atomic E-state index is -0.0228. The summed E-state index contributed by atoms with van der Waals surface area (Å²) < 4.78 is 5.94. The summed E-state index contributed by atoms with van der Waals surface area (Å²) in [6, 6.07) is 10.3. The minimum absolute atomic E-state index is 0. The topological polar surface area (TPSA) is 9.23 Å². The molecule has 0 heterocycles. The summed E-state index contributed by atoms with van der Waals surface area (Å²) in [5.41, 5.74) is 1.22. The van der Waals surface area contributed by atoms with Crippen molar-refractivity contribution in [2.45, 2.75) is 51.7 Å². The minimum Gasteiger partial charge on any atom is -0.371 e. The second-order valence-corrected chi connectivity index (χ2v) is 4.84. The van der Waals surface area contributed by atoms with Gasteiger partial charge in [0.15, 0.2) is 0 Å². The van der Waals surface area contributed by atoms with E-state index in [1.807, 2.05) is 6.07 Å². The van der Waals surface area contributed by atoms with Crippen molar-refractivity contribution >= 4 is 0 Å². The van der Waals surface area contributed by atoms with Crippen molar-refractivity contribution < 1.29 is 25.8 Å². The van der Waals surface area contributed by atoms with Gasteiger partial charge in [-0.25, -0.2) is 0 Å². The molecule has 0 saturated carbocycles. The zero-order valence-electron chi connectivity index (χ0n) is 10.9. The molecule has 17 heavy (non-hydrogen) atoms. The molecular weight excluding hydrogens is 380 g/mol. The van der Waals surface area contributed by atoms with Gasteiger partial charge in [0.1, 0.15) is 0 Å². The Hall–Kier alpha value is -0.132. The van der Waals surface area contributed by atoms with E-state index < -0.39 is 0 Å². The van der Waals surface area contributed by atoms with E-state index in [1.165, 1.54) is 18.4 Å². The number of benzene rings is 1. The Morgan fingerprint density at radius 2 is 1.76 bits per heavy atom. The molecule has 0 N–H and O–H groups in total. The maximum Gasteiger partial charge on any atom is 0.0724 e. The van der Waals surface area contributed by atoms with E-state index >= 15 is 0 Å². The third-order valence-electron chi connectivity index (χ3n) is 2.75. The van der Waals surface area contributed by atoms with E-state index in [2.05, 4.69) is 45.0 Å². The standard InChI is InChI=1S/C15H23O.W/c1-4-5-9-12-15(2,3)16-13-14-10-7-6-8-11-14;/h6-8,10-11H,1,4-5,9,12-13H2,2-3H3;/q-1;. The molecule has 0 radical (unpaired) electrons. The zero-order valence-corrected chi connectivity index (χ0v) is 13.9. The number of rotatable bonds is 7. The Balaban J connectivity index is 0.00000256. The Morgan fingerprint density at radius 1 is 1.12 bits per heavy atom. The molecule has 0 spiro atoms. The van der Waals surface area contributed by atoms with Crippen LogP contribution in [0.15, 0.2) is 30.3 Å². The molecule has 0 aliphatic heterocycles. The van der Waals surface area contributed by atoms with Crippen LogP contribution in [0.5, 0.6) is 0 Å². The second-order valence-electron chi connectivity index (χ2n) is 4.84. The number of ether oxygens (including phenoxy) is 1. The van der Waals surface area contributed by atoms with Crippen molar-refractivity contribution in [2.75, 3.05) is 0 Å². The van der Waals surface area contributed by atoms with Crippen LogP contribution in [0.25, 0.3) is 0 Å². The van der Waals surface area contributed by atoms with Gasteiger partial charge >= 0.3 is 0 Å². The van der Waals surface area contributed by atoms with Crippen LogP contribution in [0.4, 0.5) is 0 Å². The molecule has 0 saturated heterocycles. The van der Waals surface area contributed by atoms with Crippen LogP contribution in [0.2, 0.25) is 0 Å². The van der Waals surface area contributed by atoms with Gasteiger partial charge in [-0.05, 0) is 25.8 Å². The third-order valence-corrected chi connectivity index (χ3v) is 2.75.